The molecule has 0 aromatic carbocycles. The summed E-state index contributed by atoms with van der Waals surface area (Å²) in [4.78, 5) is 38.2. The topological polar surface area (TPSA) is 132 Å². The van der Waals surface area contributed by atoms with E-state index in [9.17, 15) is 14.9 Å². The normalized spacial score (nSPS) is 10.8. The number of aromatic nitrogens is 3. The Kier molecular flexibility index (Phi) is 6.34. The molecule has 0 atom stereocenters. The van der Waals surface area contributed by atoms with Crippen molar-refractivity contribution in [3.8, 4) is 6.07 Å². The van der Waals surface area contributed by atoms with Gasteiger partial charge < -0.3 is 10.5 Å². The van der Waals surface area contributed by atoms with Crippen LogP contribution in [0.3, 0.4) is 0 Å². The van der Waals surface area contributed by atoms with Gasteiger partial charge in [0.1, 0.15) is 32.4 Å². The maximum Gasteiger partial charge on any atom is 0.348 e. The first kappa shape index (κ1) is 21.7. The molecule has 0 saturated heterocycles. The summed E-state index contributed by atoms with van der Waals surface area (Å²) in [5.41, 5.74) is 8.15. The number of rotatable bonds is 6. The van der Waals surface area contributed by atoms with Crippen molar-refractivity contribution >= 4 is 50.9 Å². The zero-order valence-corrected chi connectivity index (χ0v) is 18.5. The summed E-state index contributed by atoms with van der Waals surface area (Å²) in [5.74, 6) is 0.529. The number of thiophene rings is 1. The van der Waals surface area contributed by atoms with Crippen LogP contribution in [0.5, 0.6) is 0 Å². The number of carbonyl (C=O) groups is 2. The molecular formula is C20H19N5O3S2. The number of anilines is 1. The van der Waals surface area contributed by atoms with E-state index in [1.807, 2.05) is 0 Å². The molecule has 3 heterocycles. The molecule has 0 aliphatic carbocycles. The Morgan fingerprint density at radius 1 is 1.30 bits per heavy atom. The number of Topliss-reactive ketones (excluding diaryl/α,β-unsaturated/α-hetero) is 1. The van der Waals surface area contributed by atoms with Crippen LogP contribution in [0.1, 0.15) is 56.5 Å². The second-order valence-electron chi connectivity index (χ2n) is 6.41. The summed E-state index contributed by atoms with van der Waals surface area (Å²) in [6, 6.07) is 3.64. The van der Waals surface area contributed by atoms with E-state index in [-0.39, 0.29) is 18.2 Å². The smallest absolute Gasteiger partial charge is 0.348 e. The van der Waals surface area contributed by atoms with Gasteiger partial charge in [0.15, 0.2) is 5.78 Å². The van der Waals surface area contributed by atoms with E-state index < -0.39 is 5.97 Å². The van der Waals surface area contributed by atoms with Crippen molar-refractivity contribution in [1.29, 1.82) is 5.26 Å². The number of nitriles is 1. The number of nitrogens with two attached hydrogens (primary N) is 1. The summed E-state index contributed by atoms with van der Waals surface area (Å²) < 4.78 is 5.09. The van der Waals surface area contributed by atoms with Gasteiger partial charge in [-0.2, -0.15) is 5.26 Å². The Morgan fingerprint density at radius 3 is 2.67 bits per heavy atom. The number of pyridine rings is 1. The molecule has 0 radical (unpaired) electrons. The summed E-state index contributed by atoms with van der Waals surface area (Å²) >= 11 is 2.51. The van der Waals surface area contributed by atoms with E-state index in [0.717, 1.165) is 0 Å². The first-order chi connectivity index (χ1) is 14.3. The number of aryl methyl sites for hydroxylation is 2. The van der Waals surface area contributed by atoms with Gasteiger partial charge in [0.05, 0.1) is 23.3 Å². The largest absolute Gasteiger partial charge is 0.462 e. The first-order valence-electron chi connectivity index (χ1n) is 9.04. The first-order valence-corrected chi connectivity index (χ1v) is 10.8. The van der Waals surface area contributed by atoms with Crippen molar-refractivity contribution in [3.05, 3.63) is 39.2 Å². The highest BCUT2D eigenvalue weighted by atomic mass is 32.2. The van der Waals surface area contributed by atoms with E-state index in [0.29, 0.717) is 54.1 Å². The Labute approximate surface area is 181 Å². The van der Waals surface area contributed by atoms with Gasteiger partial charge in [-0.05, 0) is 39.3 Å². The van der Waals surface area contributed by atoms with Gasteiger partial charge in [0.2, 0.25) is 0 Å². The molecule has 154 valence electrons. The van der Waals surface area contributed by atoms with Crippen LogP contribution in [0.4, 0.5) is 5.82 Å². The third-order valence-corrected chi connectivity index (χ3v) is 6.49. The fraction of sp³-hybridized carbons (Fsp3) is 0.300. The molecule has 0 spiro atoms. The zero-order chi connectivity index (χ0) is 22.0. The standard InChI is InChI=1S/C20H19N5O3S2/c1-5-28-20(27)16-9(2)15-17(22)24-14(25-19(15)30-16)8-29-18-12(7-21)6-13(11(4)26)10(3)23-18/h6H,5,8H2,1-4H3,(H2,22,24,25). The van der Waals surface area contributed by atoms with Crippen molar-refractivity contribution in [1.82, 2.24) is 15.0 Å². The lowest BCUT2D eigenvalue weighted by molar-refractivity contribution is 0.0531. The lowest BCUT2D eigenvalue weighted by atomic mass is 10.1. The quantitative estimate of drug-likeness (QED) is 0.344. The summed E-state index contributed by atoms with van der Waals surface area (Å²) in [7, 11) is 0. The lowest BCUT2D eigenvalue weighted by Crippen LogP contribution is -2.04. The number of ketones is 1. The van der Waals surface area contributed by atoms with Crippen LogP contribution in [-0.4, -0.2) is 33.3 Å². The van der Waals surface area contributed by atoms with E-state index >= 15 is 0 Å². The second kappa shape index (κ2) is 8.77. The summed E-state index contributed by atoms with van der Waals surface area (Å²) in [6.45, 7) is 7.00. The molecule has 0 bridgehead atoms. The molecule has 0 aliphatic rings. The number of hydrogen-bond acceptors (Lipinski definition) is 10. The lowest BCUT2D eigenvalue weighted by Gasteiger charge is -2.08. The van der Waals surface area contributed by atoms with Crippen LogP contribution >= 0.6 is 23.1 Å². The molecule has 0 amide bonds. The minimum Gasteiger partial charge on any atom is -0.462 e. The van der Waals surface area contributed by atoms with Crippen LogP contribution in [0.15, 0.2) is 11.1 Å². The highest BCUT2D eigenvalue weighted by Gasteiger charge is 2.21. The minimum atomic E-state index is -0.405. The van der Waals surface area contributed by atoms with Crippen LogP contribution in [0.2, 0.25) is 0 Å². The highest BCUT2D eigenvalue weighted by molar-refractivity contribution is 7.98. The predicted octanol–water partition coefficient (Wildman–Crippen LogP) is 3.83. The average Bonchev–Trinajstić information content (AvgIpc) is 3.03. The number of hydrogen-bond donors (Lipinski definition) is 1. The summed E-state index contributed by atoms with van der Waals surface area (Å²) in [6.07, 6.45) is 0. The Hall–Kier alpha value is -3.03. The molecule has 0 aliphatic heterocycles. The third-order valence-electron chi connectivity index (χ3n) is 4.34. The van der Waals surface area contributed by atoms with E-state index in [4.69, 9.17) is 10.5 Å². The molecule has 0 saturated carbocycles. The predicted molar refractivity (Wildman–Crippen MR) is 116 cm³/mol. The third kappa shape index (κ3) is 4.13. The fourth-order valence-corrected chi connectivity index (χ4v) is 4.89. The van der Waals surface area contributed by atoms with Crippen molar-refractivity contribution in [2.24, 2.45) is 0 Å². The van der Waals surface area contributed by atoms with Crippen LogP contribution in [0.25, 0.3) is 10.2 Å². The SMILES string of the molecule is CCOC(=O)c1sc2nc(CSc3nc(C)c(C(C)=O)cc3C#N)nc(N)c2c1C. The molecule has 10 heteroatoms. The Balaban J connectivity index is 1.92. The molecule has 3 rings (SSSR count). The van der Waals surface area contributed by atoms with Crippen LogP contribution < -0.4 is 5.73 Å². The van der Waals surface area contributed by atoms with E-state index in [2.05, 4.69) is 21.0 Å². The summed E-state index contributed by atoms with van der Waals surface area (Å²) in [5, 5.41) is 10.6. The molecule has 0 fully saturated rings. The number of esters is 1. The number of fused-ring (bicyclic) bond motifs is 1. The molecule has 8 nitrogen and oxygen atoms in total. The number of nitrogens with zero attached hydrogens (tertiary/aromatic N) is 4. The van der Waals surface area contributed by atoms with Crippen molar-refractivity contribution in [2.75, 3.05) is 12.3 Å². The molecular weight excluding hydrogens is 422 g/mol. The Bertz CT molecular complexity index is 1210. The molecule has 30 heavy (non-hydrogen) atoms. The van der Waals surface area contributed by atoms with E-state index in [1.165, 1.54) is 30.0 Å². The second-order valence-corrected chi connectivity index (χ2v) is 8.38. The van der Waals surface area contributed by atoms with Gasteiger partial charge >= 0.3 is 5.97 Å². The van der Waals surface area contributed by atoms with Crippen LogP contribution in [-0.2, 0) is 10.5 Å². The number of ether oxygens (including phenoxy) is 1. The maximum atomic E-state index is 12.2. The van der Waals surface area contributed by atoms with Gasteiger partial charge in [-0.3, -0.25) is 4.79 Å². The van der Waals surface area contributed by atoms with Gasteiger partial charge in [0.25, 0.3) is 0 Å². The molecule has 3 aromatic rings. The van der Waals surface area contributed by atoms with Crippen molar-refractivity contribution in [2.45, 2.75) is 38.5 Å². The van der Waals surface area contributed by atoms with Crippen molar-refractivity contribution < 1.29 is 14.3 Å². The molecule has 3 aromatic heterocycles. The van der Waals surface area contributed by atoms with Gasteiger partial charge in [0, 0.05) is 11.3 Å². The highest BCUT2D eigenvalue weighted by Crippen LogP contribution is 2.34. The van der Waals surface area contributed by atoms with Crippen molar-refractivity contribution in [3.63, 3.8) is 0 Å². The monoisotopic (exact) mass is 441 g/mol. The Morgan fingerprint density at radius 2 is 2.03 bits per heavy atom. The maximum absolute atomic E-state index is 12.2. The fourth-order valence-electron chi connectivity index (χ4n) is 2.93. The molecule has 0 unspecified atom stereocenters. The van der Waals surface area contributed by atoms with E-state index in [1.54, 1.807) is 26.8 Å². The van der Waals surface area contributed by atoms with Gasteiger partial charge in [-0.15, -0.1) is 11.3 Å². The number of thioether (sulfide) groups is 1. The zero-order valence-electron chi connectivity index (χ0n) is 16.9. The van der Waals surface area contributed by atoms with Gasteiger partial charge in [-0.1, -0.05) is 11.8 Å². The van der Waals surface area contributed by atoms with Crippen LogP contribution in [0, 0.1) is 25.2 Å². The average molecular weight is 442 g/mol. The molecule has 2 N–H and O–H groups in total. The van der Waals surface area contributed by atoms with Gasteiger partial charge in [-0.25, -0.2) is 19.7 Å². The number of nitrogen functional groups attached to an aromatic ring is 1. The minimum absolute atomic E-state index is 0.139. The number of carbonyl (C=O) groups excluding carboxylic acids is 2.